The highest BCUT2D eigenvalue weighted by Gasteiger charge is 2.44. The lowest BCUT2D eigenvalue weighted by atomic mass is 9.78. The number of ketones is 2. The molecule has 1 aliphatic rings. The molecule has 0 spiro atoms. The average molecular weight is 589 g/mol. The first-order chi connectivity index (χ1) is 20.6. The van der Waals surface area contributed by atoms with Gasteiger partial charge in [-0.3, -0.25) is 9.59 Å². The summed E-state index contributed by atoms with van der Waals surface area (Å²) < 4.78 is 5.95. The van der Waals surface area contributed by atoms with E-state index in [1.165, 1.54) is 0 Å². The second kappa shape index (κ2) is 11.0. The van der Waals surface area contributed by atoms with Crippen molar-refractivity contribution < 1.29 is 29.2 Å². The first kappa shape index (κ1) is 30.6. The van der Waals surface area contributed by atoms with Gasteiger partial charge in [-0.25, -0.2) is 9.78 Å². The number of nitrogens with one attached hydrogen (secondary N) is 1. The van der Waals surface area contributed by atoms with E-state index in [0.717, 1.165) is 16.5 Å². The zero-order valence-electron chi connectivity index (χ0n) is 26.3. The lowest BCUT2D eigenvalue weighted by Gasteiger charge is -2.27. The largest absolute Gasteiger partial charge is 0.507 e. The molecule has 4 aromatic rings. The molecule has 1 heterocycles. The van der Waals surface area contributed by atoms with Gasteiger partial charge in [0.15, 0.2) is 23.2 Å². The monoisotopic (exact) mass is 588 g/mol. The maximum Gasteiger partial charge on any atom is 0.343 e. The summed E-state index contributed by atoms with van der Waals surface area (Å²) in [6.07, 6.45) is 5.43. The van der Waals surface area contributed by atoms with Crippen molar-refractivity contribution in [2.45, 2.75) is 65.2 Å². The van der Waals surface area contributed by atoms with E-state index >= 15 is 0 Å². The summed E-state index contributed by atoms with van der Waals surface area (Å²) in [4.78, 5) is 44.1. The molecule has 0 saturated carbocycles. The molecule has 0 aliphatic heterocycles. The Bertz CT molecular complexity index is 1860. The molecule has 1 aliphatic carbocycles. The van der Waals surface area contributed by atoms with E-state index in [1.807, 2.05) is 66.7 Å². The Labute approximate surface area is 258 Å². The van der Waals surface area contributed by atoms with Gasteiger partial charge in [-0.05, 0) is 71.3 Å². The Hall–Kier alpha value is -4.84. The number of phenols is 1. The summed E-state index contributed by atoms with van der Waals surface area (Å²) in [7, 11) is 0. The number of allylic oxidation sites excluding steroid dienone is 1. The third-order valence-corrected chi connectivity index (χ3v) is 8.09. The number of carbonyl (C=O) groups excluding carboxylic acids is 3. The normalized spacial score (nSPS) is 15.2. The third kappa shape index (κ3) is 5.37. The van der Waals surface area contributed by atoms with Crippen LogP contribution in [-0.2, 0) is 10.8 Å². The number of benzene rings is 3. The second-order valence-electron chi connectivity index (χ2n) is 13.3. The van der Waals surface area contributed by atoms with Crippen LogP contribution in [0.15, 0.2) is 67.3 Å². The number of aromatic hydroxyl groups is 1. The van der Waals surface area contributed by atoms with Crippen molar-refractivity contribution >= 4 is 40.6 Å². The van der Waals surface area contributed by atoms with Crippen molar-refractivity contribution in [2.24, 2.45) is 0 Å². The van der Waals surface area contributed by atoms with E-state index < -0.39 is 22.7 Å². The second-order valence-corrected chi connectivity index (χ2v) is 13.3. The highest BCUT2D eigenvalue weighted by Crippen LogP contribution is 2.40. The minimum Gasteiger partial charge on any atom is -0.507 e. The average Bonchev–Trinajstić information content (AvgIpc) is 3.19. The number of H-pyrrole nitrogens is 1. The zero-order chi connectivity index (χ0) is 32.1. The van der Waals surface area contributed by atoms with E-state index in [-0.39, 0.29) is 23.1 Å². The van der Waals surface area contributed by atoms with Crippen LogP contribution < -0.4 is 9.72 Å². The van der Waals surface area contributed by atoms with Crippen LogP contribution in [0.3, 0.4) is 0 Å². The Kier molecular flexibility index (Phi) is 7.66. The van der Waals surface area contributed by atoms with Gasteiger partial charge in [-0.1, -0.05) is 72.4 Å². The van der Waals surface area contributed by atoms with E-state index in [4.69, 9.17) is 4.74 Å². The minimum absolute atomic E-state index is 0.176. The van der Waals surface area contributed by atoms with Crippen LogP contribution in [0.5, 0.6) is 11.5 Å². The molecule has 2 N–H and O–H groups in total. The number of rotatable bonds is 5. The summed E-state index contributed by atoms with van der Waals surface area (Å²) in [5.41, 5.74) is 4.03. The smallest absolute Gasteiger partial charge is 0.343 e. The Morgan fingerprint density at radius 3 is 2.02 bits per heavy atom. The summed E-state index contributed by atoms with van der Waals surface area (Å²) in [6.45, 7) is 17.6. The highest BCUT2D eigenvalue weighted by atomic mass is 16.5. The molecule has 3 aromatic carbocycles. The van der Waals surface area contributed by atoms with Crippen molar-refractivity contribution in [1.29, 1.82) is 0 Å². The predicted octanol–water partition coefficient (Wildman–Crippen LogP) is 8.01. The lowest BCUT2D eigenvalue weighted by molar-refractivity contribution is -0.357. The van der Waals surface area contributed by atoms with Gasteiger partial charge in [0.2, 0.25) is 5.75 Å². The quantitative estimate of drug-likeness (QED) is 0.145. The number of phenolic OH excluding ortho intramolecular Hbond substituents is 1. The van der Waals surface area contributed by atoms with Gasteiger partial charge in [0.25, 0.3) is 5.52 Å². The number of Topliss-reactive ketones (excluding diaryl/α,β-unsaturated/α-hetero) is 2. The molecule has 0 saturated heterocycles. The topological polar surface area (TPSA) is 94.8 Å². The molecule has 224 valence electrons. The molecule has 0 fully saturated rings. The van der Waals surface area contributed by atoms with Gasteiger partial charge in [0.05, 0.1) is 10.9 Å². The first-order valence-electron chi connectivity index (χ1n) is 14.7. The van der Waals surface area contributed by atoms with E-state index in [2.05, 4.69) is 11.6 Å². The van der Waals surface area contributed by atoms with Gasteiger partial charge >= 0.3 is 5.97 Å². The molecule has 1 aromatic heterocycles. The van der Waals surface area contributed by atoms with Crippen LogP contribution in [0.2, 0.25) is 0 Å². The molecule has 1 unspecified atom stereocenters. The number of hydrogen-bond donors (Lipinski definition) is 1. The summed E-state index contributed by atoms with van der Waals surface area (Å²) in [6, 6.07) is 15.7. The number of fused-ring (bicyclic) bond motifs is 2. The van der Waals surface area contributed by atoms with E-state index in [1.54, 1.807) is 54.6 Å². The van der Waals surface area contributed by atoms with Crippen LogP contribution in [0, 0.1) is 0 Å². The number of carbonyl (C=O) groups is 3. The molecule has 0 amide bonds. The standard InChI is InChI=1S/C38H37NO5/c1-9-12-23-18-26-25(17-21(23)10-2)33(40)31(34(26)41)29-16-15-22-13-11-14-30(32(22)39-29)44-36(43)24-19-27(37(3,4)5)35(42)28(20-24)38(6,7)8/h9-20,31,42H,2H2,1,3-8H3/p+1/b12-9-. The van der Waals surface area contributed by atoms with Crippen LogP contribution in [0.1, 0.15) is 113 Å². The maximum atomic E-state index is 13.6. The molecule has 0 bridgehead atoms. The van der Waals surface area contributed by atoms with Gasteiger partial charge in [-0.15, -0.1) is 0 Å². The number of ether oxygens (including phenoxy) is 1. The number of aromatic nitrogens is 1. The van der Waals surface area contributed by atoms with Crippen molar-refractivity contribution in [3.63, 3.8) is 0 Å². The van der Waals surface area contributed by atoms with Crippen molar-refractivity contribution in [1.82, 2.24) is 0 Å². The third-order valence-electron chi connectivity index (χ3n) is 8.09. The predicted molar refractivity (Wildman–Crippen MR) is 174 cm³/mol. The van der Waals surface area contributed by atoms with Crippen LogP contribution in [0.25, 0.3) is 23.1 Å². The number of aromatic amines is 1. The zero-order valence-corrected chi connectivity index (χ0v) is 26.3. The lowest BCUT2D eigenvalue weighted by Crippen LogP contribution is -2.24. The van der Waals surface area contributed by atoms with Crippen molar-refractivity contribution in [3.05, 3.63) is 112 Å². The van der Waals surface area contributed by atoms with Gasteiger partial charge in [-0.2, -0.15) is 0 Å². The fourth-order valence-electron chi connectivity index (χ4n) is 5.75. The molecule has 1 atom stereocenters. The molecule has 44 heavy (non-hydrogen) atoms. The van der Waals surface area contributed by atoms with Crippen molar-refractivity contribution in [3.8, 4) is 11.5 Å². The molecule has 6 nitrogen and oxygen atoms in total. The Morgan fingerprint density at radius 2 is 1.48 bits per heavy atom. The van der Waals surface area contributed by atoms with Gasteiger partial charge in [0, 0.05) is 28.3 Å². The summed E-state index contributed by atoms with van der Waals surface area (Å²) in [5, 5.41) is 11.8. The molecular formula is C38H38NO5+. The molecule has 6 heteroatoms. The minimum atomic E-state index is -1.04. The van der Waals surface area contributed by atoms with Crippen molar-refractivity contribution in [2.75, 3.05) is 0 Å². The Balaban J connectivity index is 1.55. The van der Waals surface area contributed by atoms with E-state index in [9.17, 15) is 19.5 Å². The fraction of sp³-hybridized carbons (Fsp3) is 0.263. The molecule has 5 rings (SSSR count). The van der Waals surface area contributed by atoms with Gasteiger partial charge in [0.1, 0.15) is 5.75 Å². The van der Waals surface area contributed by atoms with E-state index in [0.29, 0.717) is 39.0 Å². The number of hydrogen-bond acceptors (Lipinski definition) is 5. The van der Waals surface area contributed by atoms with Crippen LogP contribution >= 0.6 is 0 Å². The number of esters is 1. The van der Waals surface area contributed by atoms with Gasteiger partial charge < -0.3 is 9.84 Å². The van der Waals surface area contributed by atoms with Crippen LogP contribution in [0.4, 0.5) is 0 Å². The summed E-state index contributed by atoms with van der Waals surface area (Å²) in [5.74, 6) is -1.77. The number of pyridine rings is 1. The highest BCUT2D eigenvalue weighted by molar-refractivity contribution is 6.29. The molecule has 0 radical (unpaired) electrons. The first-order valence-corrected chi connectivity index (χ1v) is 14.7. The molecular weight excluding hydrogens is 550 g/mol. The maximum absolute atomic E-state index is 13.6. The van der Waals surface area contributed by atoms with Crippen LogP contribution in [-0.4, -0.2) is 22.6 Å². The summed E-state index contributed by atoms with van der Waals surface area (Å²) >= 11 is 0. The Morgan fingerprint density at radius 1 is 0.886 bits per heavy atom. The SMILES string of the molecule is C=Cc1cc2c(cc1/C=C\C)C(=O)C(c1ccc3cccc(OC(=O)c4cc(C(C)(C)C)c(O)c(C(C)(C)C)c4)c3[nH+]1)C2=O. The number of para-hydroxylation sites is 1. The fourth-order valence-corrected chi connectivity index (χ4v) is 5.75.